The van der Waals surface area contributed by atoms with Crippen LogP contribution in [0.2, 0.25) is 0 Å². The average molecular weight is 253 g/mol. The topological polar surface area (TPSA) is 35.2 Å². The van der Waals surface area contributed by atoms with E-state index >= 15 is 0 Å². The third kappa shape index (κ3) is 1.91. The molecular weight excluding hydrogens is 238 g/mol. The van der Waals surface area contributed by atoms with Crippen LogP contribution in [0.25, 0.3) is 9.40 Å². The Morgan fingerprint density at radius 2 is 2.38 bits per heavy atom. The van der Waals surface area contributed by atoms with E-state index in [-0.39, 0.29) is 6.04 Å². The van der Waals surface area contributed by atoms with Gasteiger partial charge in [-0.05, 0) is 30.4 Å². The smallest absolute Gasteiger partial charge is 0.0512 e. The van der Waals surface area contributed by atoms with Crippen molar-refractivity contribution in [3.8, 4) is 0 Å². The molecule has 16 heavy (non-hydrogen) atoms. The number of ether oxygens (including phenoxy) is 1. The molecule has 4 heteroatoms. The maximum atomic E-state index is 6.33. The van der Waals surface area contributed by atoms with Crippen molar-refractivity contribution in [2.45, 2.75) is 18.9 Å². The Labute approximate surface area is 103 Å². The van der Waals surface area contributed by atoms with E-state index in [2.05, 4.69) is 17.5 Å². The summed E-state index contributed by atoms with van der Waals surface area (Å²) in [5.41, 5.74) is 6.33. The van der Waals surface area contributed by atoms with E-state index in [1.807, 2.05) is 11.3 Å². The van der Waals surface area contributed by atoms with Gasteiger partial charge in [0, 0.05) is 32.8 Å². The van der Waals surface area contributed by atoms with Gasteiger partial charge in [0.15, 0.2) is 0 Å². The Balaban J connectivity index is 1.83. The molecule has 0 spiro atoms. The minimum atomic E-state index is 0.157. The lowest BCUT2D eigenvalue weighted by molar-refractivity contribution is 0.0452. The fourth-order valence-corrected chi connectivity index (χ4v) is 4.44. The van der Waals surface area contributed by atoms with E-state index < -0.39 is 0 Å². The quantitative estimate of drug-likeness (QED) is 0.890. The molecule has 2 atom stereocenters. The predicted octanol–water partition coefficient (Wildman–Crippen LogP) is 3.39. The van der Waals surface area contributed by atoms with Crippen LogP contribution in [0, 0.1) is 5.92 Å². The summed E-state index contributed by atoms with van der Waals surface area (Å²) >= 11 is 3.63. The van der Waals surface area contributed by atoms with Crippen molar-refractivity contribution in [3.05, 3.63) is 22.4 Å². The van der Waals surface area contributed by atoms with Crippen LogP contribution in [0.5, 0.6) is 0 Å². The lowest BCUT2D eigenvalue weighted by Gasteiger charge is -2.26. The van der Waals surface area contributed by atoms with Crippen molar-refractivity contribution in [3.63, 3.8) is 0 Å². The molecular formula is C12H15NOS2. The van der Waals surface area contributed by atoms with E-state index in [0.29, 0.717) is 5.92 Å². The van der Waals surface area contributed by atoms with Gasteiger partial charge in [-0.1, -0.05) is 0 Å². The molecule has 1 fully saturated rings. The second-order valence-corrected chi connectivity index (χ2v) is 6.36. The predicted molar refractivity (Wildman–Crippen MR) is 70.2 cm³/mol. The Bertz CT molecular complexity index is 442. The van der Waals surface area contributed by atoms with Crippen LogP contribution < -0.4 is 5.73 Å². The Hall–Kier alpha value is -0.420. The molecule has 0 bridgehead atoms. The number of fused-ring (bicyclic) bond motifs is 1. The molecule has 3 rings (SSSR count). The number of hydrogen-bond donors (Lipinski definition) is 1. The molecule has 2 nitrogen and oxygen atoms in total. The third-order valence-electron chi connectivity index (χ3n) is 3.19. The fourth-order valence-electron chi connectivity index (χ4n) is 2.23. The van der Waals surface area contributed by atoms with Gasteiger partial charge in [-0.3, -0.25) is 0 Å². The van der Waals surface area contributed by atoms with Crippen molar-refractivity contribution in [2.75, 3.05) is 13.2 Å². The first-order valence-electron chi connectivity index (χ1n) is 5.65. The largest absolute Gasteiger partial charge is 0.381 e. The van der Waals surface area contributed by atoms with Crippen LogP contribution in [0.15, 0.2) is 17.5 Å². The van der Waals surface area contributed by atoms with Crippen molar-refractivity contribution in [1.82, 2.24) is 0 Å². The Morgan fingerprint density at radius 3 is 3.12 bits per heavy atom. The zero-order chi connectivity index (χ0) is 11.0. The van der Waals surface area contributed by atoms with Crippen LogP contribution >= 0.6 is 22.7 Å². The third-order valence-corrected chi connectivity index (χ3v) is 5.39. The highest BCUT2D eigenvalue weighted by atomic mass is 32.1. The summed E-state index contributed by atoms with van der Waals surface area (Å²) in [7, 11) is 0. The van der Waals surface area contributed by atoms with E-state index in [1.54, 1.807) is 11.3 Å². The zero-order valence-electron chi connectivity index (χ0n) is 9.02. The number of nitrogens with two attached hydrogens (primary N) is 1. The van der Waals surface area contributed by atoms with Gasteiger partial charge >= 0.3 is 0 Å². The Morgan fingerprint density at radius 1 is 1.44 bits per heavy atom. The summed E-state index contributed by atoms with van der Waals surface area (Å²) in [4.78, 5) is 1.32. The lowest BCUT2D eigenvalue weighted by Crippen LogP contribution is -2.28. The van der Waals surface area contributed by atoms with E-state index in [4.69, 9.17) is 10.5 Å². The van der Waals surface area contributed by atoms with E-state index in [9.17, 15) is 0 Å². The molecule has 2 N–H and O–H groups in total. The molecule has 0 radical (unpaired) electrons. The highest BCUT2D eigenvalue weighted by Crippen LogP contribution is 2.36. The molecule has 3 heterocycles. The van der Waals surface area contributed by atoms with Gasteiger partial charge < -0.3 is 10.5 Å². The van der Waals surface area contributed by atoms with Gasteiger partial charge in [0.05, 0.1) is 6.61 Å². The normalized spacial score (nSPS) is 23.7. The summed E-state index contributed by atoms with van der Waals surface area (Å²) in [5.74, 6) is 0.501. The van der Waals surface area contributed by atoms with Gasteiger partial charge in [0.1, 0.15) is 0 Å². The summed E-state index contributed by atoms with van der Waals surface area (Å²) in [5, 5.41) is 2.14. The summed E-state index contributed by atoms with van der Waals surface area (Å²) < 4.78 is 8.24. The van der Waals surface area contributed by atoms with Gasteiger partial charge in [0.25, 0.3) is 0 Å². The van der Waals surface area contributed by atoms with Crippen LogP contribution in [-0.4, -0.2) is 13.2 Å². The van der Waals surface area contributed by atoms with Crippen molar-refractivity contribution >= 4 is 32.1 Å². The van der Waals surface area contributed by atoms with Crippen LogP contribution in [0.4, 0.5) is 0 Å². The summed E-state index contributed by atoms with van der Waals surface area (Å²) in [6.45, 7) is 1.73. The van der Waals surface area contributed by atoms with Crippen LogP contribution in [-0.2, 0) is 4.74 Å². The van der Waals surface area contributed by atoms with Gasteiger partial charge in [-0.2, -0.15) is 0 Å². The highest BCUT2D eigenvalue weighted by molar-refractivity contribution is 7.26. The first-order chi connectivity index (χ1) is 7.84. The maximum Gasteiger partial charge on any atom is 0.0512 e. The standard InChI is InChI=1S/C12H15NOS2/c13-12(8-2-1-4-14-7-8)11-6-10-9(16-11)3-5-15-10/h3,5-6,8,12H,1-2,4,7,13H2. The first-order valence-corrected chi connectivity index (χ1v) is 7.34. The zero-order valence-corrected chi connectivity index (χ0v) is 10.7. The molecule has 0 saturated carbocycles. The number of hydrogen-bond acceptors (Lipinski definition) is 4. The summed E-state index contributed by atoms with van der Waals surface area (Å²) in [6.07, 6.45) is 2.35. The lowest BCUT2D eigenvalue weighted by atomic mass is 9.93. The molecule has 1 aliphatic rings. The van der Waals surface area contributed by atoms with Crippen LogP contribution in [0.3, 0.4) is 0 Å². The minimum Gasteiger partial charge on any atom is -0.381 e. The number of rotatable bonds is 2. The molecule has 86 valence electrons. The molecule has 2 aromatic heterocycles. The monoisotopic (exact) mass is 253 g/mol. The van der Waals surface area contributed by atoms with Gasteiger partial charge in [0.2, 0.25) is 0 Å². The highest BCUT2D eigenvalue weighted by Gasteiger charge is 2.23. The molecule has 0 aromatic carbocycles. The van der Waals surface area contributed by atoms with Gasteiger partial charge in [-0.25, -0.2) is 0 Å². The molecule has 0 amide bonds. The van der Waals surface area contributed by atoms with E-state index in [1.165, 1.54) is 20.7 Å². The van der Waals surface area contributed by atoms with Gasteiger partial charge in [-0.15, -0.1) is 22.7 Å². The molecule has 2 unspecified atom stereocenters. The fraction of sp³-hybridized carbons (Fsp3) is 0.500. The molecule has 1 saturated heterocycles. The molecule has 1 aliphatic heterocycles. The molecule has 0 aliphatic carbocycles. The second-order valence-electron chi connectivity index (χ2n) is 4.30. The number of thiophene rings is 2. The average Bonchev–Trinajstić information content (AvgIpc) is 2.89. The van der Waals surface area contributed by atoms with Crippen molar-refractivity contribution < 1.29 is 4.74 Å². The maximum absolute atomic E-state index is 6.33. The second kappa shape index (κ2) is 4.45. The SMILES string of the molecule is NC(c1cc2sccc2s1)C1CCCOC1. The molecule has 2 aromatic rings. The van der Waals surface area contributed by atoms with Crippen molar-refractivity contribution in [1.29, 1.82) is 0 Å². The van der Waals surface area contributed by atoms with Crippen molar-refractivity contribution in [2.24, 2.45) is 11.7 Å². The minimum absolute atomic E-state index is 0.157. The summed E-state index contributed by atoms with van der Waals surface area (Å²) in [6, 6.07) is 4.59. The Kier molecular flexibility index (Phi) is 2.98. The van der Waals surface area contributed by atoms with Crippen LogP contribution in [0.1, 0.15) is 23.8 Å². The first kappa shape index (κ1) is 10.7. The van der Waals surface area contributed by atoms with E-state index in [0.717, 1.165) is 19.6 Å².